The smallest absolute Gasteiger partial charge is 0.387 e. The molecule has 2 aliphatic rings. The summed E-state index contributed by atoms with van der Waals surface area (Å²) in [7, 11) is 0. The molecule has 230 valence electrons. The first-order valence-electron chi connectivity index (χ1n) is 14.8. The summed E-state index contributed by atoms with van der Waals surface area (Å²) in [6.07, 6.45) is 13.6. The van der Waals surface area contributed by atoms with E-state index in [9.17, 15) is 35.1 Å². The summed E-state index contributed by atoms with van der Waals surface area (Å²) < 4.78 is 106. The highest BCUT2D eigenvalue weighted by molar-refractivity contribution is 5.32. The summed E-state index contributed by atoms with van der Waals surface area (Å²) in [5.74, 6) is -4.73. The molecule has 9 heteroatoms. The maximum absolute atomic E-state index is 14.9. The second-order valence-corrected chi connectivity index (χ2v) is 11.4. The van der Waals surface area contributed by atoms with Crippen LogP contribution >= 0.6 is 0 Å². The first-order valence-corrected chi connectivity index (χ1v) is 14.8. The van der Waals surface area contributed by atoms with Crippen LogP contribution in [-0.2, 0) is 0 Å². The van der Waals surface area contributed by atoms with Gasteiger partial charge in [0, 0.05) is 17.7 Å². The number of hydrogen-bond acceptors (Lipinski definition) is 1. The van der Waals surface area contributed by atoms with Crippen molar-refractivity contribution in [3.05, 3.63) is 64.5 Å². The fourth-order valence-electron chi connectivity index (χ4n) is 6.32. The molecule has 2 saturated carbocycles. The van der Waals surface area contributed by atoms with Crippen LogP contribution in [0.2, 0.25) is 0 Å². The Kier molecular flexibility index (Phi) is 13.2. The number of alkyl halides is 3. The van der Waals surface area contributed by atoms with Crippen LogP contribution < -0.4 is 4.74 Å². The van der Waals surface area contributed by atoms with E-state index in [0.29, 0.717) is 18.3 Å². The van der Waals surface area contributed by atoms with Crippen molar-refractivity contribution in [3.8, 4) is 5.75 Å². The Balaban J connectivity index is 0.000000298. The molecule has 2 aliphatic carbocycles. The van der Waals surface area contributed by atoms with Gasteiger partial charge in [0.2, 0.25) is 0 Å². The van der Waals surface area contributed by atoms with Gasteiger partial charge in [-0.15, -0.1) is 0 Å². The first-order chi connectivity index (χ1) is 19.6. The minimum atomic E-state index is -3.35. The van der Waals surface area contributed by atoms with Crippen LogP contribution in [0.25, 0.3) is 0 Å². The van der Waals surface area contributed by atoms with Gasteiger partial charge in [0.15, 0.2) is 17.4 Å². The van der Waals surface area contributed by atoms with Gasteiger partial charge in [-0.25, -0.2) is 22.0 Å². The van der Waals surface area contributed by atoms with Gasteiger partial charge in [0.05, 0.1) is 6.67 Å². The number of rotatable bonds is 10. The number of unbranched alkanes of at least 4 members (excludes halogenated alkanes) is 2. The summed E-state index contributed by atoms with van der Waals surface area (Å²) in [5, 5.41) is 0. The summed E-state index contributed by atoms with van der Waals surface area (Å²) in [6.45, 7) is -1.40. The van der Waals surface area contributed by atoms with E-state index in [4.69, 9.17) is 0 Å². The van der Waals surface area contributed by atoms with Gasteiger partial charge in [0.1, 0.15) is 17.5 Å². The molecule has 0 saturated heterocycles. The van der Waals surface area contributed by atoms with Gasteiger partial charge >= 0.3 is 6.61 Å². The summed E-state index contributed by atoms with van der Waals surface area (Å²) in [4.78, 5) is 0. The summed E-state index contributed by atoms with van der Waals surface area (Å²) in [6, 6.07) is 3.74. The Hall–Kier alpha value is -2.32. The molecule has 0 radical (unpaired) electrons. The van der Waals surface area contributed by atoms with Crippen LogP contribution in [0.1, 0.15) is 113 Å². The summed E-state index contributed by atoms with van der Waals surface area (Å²) >= 11 is 0. The molecule has 0 amide bonds. The number of halogens is 8. The van der Waals surface area contributed by atoms with E-state index in [1.807, 2.05) is 0 Å². The Morgan fingerprint density at radius 1 is 0.683 bits per heavy atom. The predicted molar refractivity (Wildman–Crippen MR) is 143 cm³/mol. The Labute approximate surface area is 237 Å². The minimum absolute atomic E-state index is 0.0424. The lowest BCUT2D eigenvalue weighted by atomic mass is 9.75. The molecule has 0 aromatic heterocycles. The van der Waals surface area contributed by atoms with Crippen molar-refractivity contribution < 1.29 is 39.9 Å². The maximum Gasteiger partial charge on any atom is 0.387 e. The van der Waals surface area contributed by atoms with Gasteiger partial charge in [-0.05, 0) is 99.2 Å². The fourth-order valence-corrected chi connectivity index (χ4v) is 6.32. The average molecular weight is 593 g/mol. The van der Waals surface area contributed by atoms with E-state index < -0.39 is 29.8 Å². The van der Waals surface area contributed by atoms with Crippen molar-refractivity contribution in [2.45, 2.75) is 109 Å². The second kappa shape index (κ2) is 16.4. The molecule has 0 atom stereocenters. The predicted octanol–water partition coefficient (Wildman–Crippen LogP) is 11.2. The molecule has 2 aromatic carbocycles. The summed E-state index contributed by atoms with van der Waals surface area (Å²) in [5.41, 5.74) is 1.15. The highest BCUT2D eigenvalue weighted by Gasteiger charge is 2.29. The normalized spacial score (nSPS) is 22.8. The Morgan fingerprint density at radius 2 is 1.20 bits per heavy atom. The zero-order chi connectivity index (χ0) is 29.9. The average Bonchev–Trinajstić information content (AvgIpc) is 2.92. The fraction of sp³-hybridized carbons (Fsp3) is 0.625. The monoisotopic (exact) mass is 592 g/mol. The van der Waals surface area contributed by atoms with Crippen LogP contribution in [0.15, 0.2) is 24.3 Å². The van der Waals surface area contributed by atoms with Crippen molar-refractivity contribution in [2.24, 2.45) is 11.8 Å². The number of ether oxygens (including phenoxy) is 1. The lowest BCUT2D eigenvalue weighted by Gasteiger charge is -2.31. The molecule has 1 nitrogen and oxygen atoms in total. The van der Waals surface area contributed by atoms with E-state index in [1.54, 1.807) is 12.1 Å². The third kappa shape index (κ3) is 9.88. The third-order valence-corrected chi connectivity index (χ3v) is 8.58. The molecule has 2 aromatic rings. The lowest BCUT2D eigenvalue weighted by Crippen LogP contribution is -2.17. The quantitative estimate of drug-likeness (QED) is 0.197. The molecular formula is C32H40F8O. The van der Waals surface area contributed by atoms with Gasteiger partial charge in [-0.1, -0.05) is 32.6 Å². The van der Waals surface area contributed by atoms with Crippen molar-refractivity contribution in [1.82, 2.24) is 0 Å². The van der Waals surface area contributed by atoms with E-state index in [-0.39, 0.29) is 41.9 Å². The van der Waals surface area contributed by atoms with Crippen molar-refractivity contribution in [2.75, 3.05) is 6.67 Å². The molecule has 0 aliphatic heterocycles. The third-order valence-electron chi connectivity index (χ3n) is 8.58. The Bertz CT molecular complexity index is 1030. The number of hydrogen-bond donors (Lipinski definition) is 0. The van der Waals surface area contributed by atoms with Crippen molar-refractivity contribution in [3.63, 3.8) is 0 Å². The minimum Gasteiger partial charge on any atom is -0.429 e. The molecule has 41 heavy (non-hydrogen) atoms. The molecule has 2 fully saturated rings. The van der Waals surface area contributed by atoms with E-state index in [1.165, 1.54) is 38.5 Å². The second-order valence-electron chi connectivity index (χ2n) is 11.4. The molecule has 0 unspecified atom stereocenters. The Morgan fingerprint density at radius 3 is 1.68 bits per heavy atom. The maximum atomic E-state index is 14.9. The van der Waals surface area contributed by atoms with Crippen LogP contribution in [0.4, 0.5) is 35.1 Å². The molecule has 0 N–H and O–H groups in total. The first kappa shape index (κ1) is 33.2. The van der Waals surface area contributed by atoms with Gasteiger partial charge in [-0.3, -0.25) is 4.39 Å². The van der Waals surface area contributed by atoms with E-state index in [2.05, 4.69) is 11.7 Å². The highest BCUT2D eigenvalue weighted by Crippen LogP contribution is 2.42. The van der Waals surface area contributed by atoms with Crippen LogP contribution in [0.3, 0.4) is 0 Å². The molecule has 0 bridgehead atoms. The standard InChI is InChI=1S/C25H37F3.C7H3F5O/c1-2-3-4-5-18-6-10-20(11-7-18)22-16-23(27)25(24(28)17-22)21-12-8-19(9-13-21)14-15-26;8-3-1-4(9)6(5(10)2-3)13-7(11)12/h16-21H,2-15H2,1H3;1-2,7H. The zero-order valence-corrected chi connectivity index (χ0v) is 23.5. The topological polar surface area (TPSA) is 9.23 Å². The molecule has 0 spiro atoms. The largest absolute Gasteiger partial charge is 0.429 e. The van der Waals surface area contributed by atoms with Gasteiger partial charge in [-0.2, -0.15) is 8.78 Å². The zero-order valence-electron chi connectivity index (χ0n) is 23.5. The molecule has 0 heterocycles. The molecular weight excluding hydrogens is 552 g/mol. The SMILES string of the molecule is CCCCCC1CCC(c2cc(F)c(C3CCC(CCF)CC3)c(F)c2)CC1.Fc1cc(F)c(OC(F)F)c(F)c1. The highest BCUT2D eigenvalue weighted by atomic mass is 19.3. The lowest BCUT2D eigenvalue weighted by molar-refractivity contribution is -0.0547. The molecule has 4 rings (SSSR count). The van der Waals surface area contributed by atoms with Gasteiger partial charge < -0.3 is 4.74 Å². The van der Waals surface area contributed by atoms with Crippen LogP contribution in [0, 0.1) is 40.9 Å². The van der Waals surface area contributed by atoms with Crippen molar-refractivity contribution in [1.29, 1.82) is 0 Å². The van der Waals surface area contributed by atoms with E-state index in [0.717, 1.165) is 50.0 Å². The van der Waals surface area contributed by atoms with E-state index >= 15 is 0 Å². The van der Waals surface area contributed by atoms with Crippen LogP contribution in [0.5, 0.6) is 5.75 Å². The van der Waals surface area contributed by atoms with Crippen LogP contribution in [-0.4, -0.2) is 13.3 Å². The van der Waals surface area contributed by atoms with Crippen molar-refractivity contribution >= 4 is 0 Å². The van der Waals surface area contributed by atoms with Gasteiger partial charge in [0.25, 0.3) is 0 Å². The number of benzene rings is 2.